The molecule has 0 aliphatic carbocycles. The van der Waals surface area contributed by atoms with E-state index in [-0.39, 0.29) is 0 Å². The van der Waals surface area contributed by atoms with E-state index in [4.69, 9.17) is 4.99 Å². The zero-order valence-corrected chi connectivity index (χ0v) is 30.0. The number of aliphatic imine (C=N–C) groups is 2. The molecule has 2 N–H and O–H groups in total. The first-order valence-corrected chi connectivity index (χ1v) is 17.0. The maximum absolute atomic E-state index is 5.04. The zero-order chi connectivity index (χ0) is 34.3. The SMILES string of the molecule is C=C.C=C.CCN=C/C(PC)=C(C)/N=C(/C=C(\C)NCc1ccc(NC)cc1)c1ccccc1C.Cc1cccc2ccccc12. The van der Waals surface area contributed by atoms with Gasteiger partial charge in [0, 0.05) is 54.3 Å². The highest BCUT2D eigenvalue weighted by molar-refractivity contribution is 7.43. The second-order valence-corrected chi connectivity index (χ2v) is 11.2. The van der Waals surface area contributed by atoms with Crippen molar-refractivity contribution in [3.05, 3.63) is 162 Å². The number of allylic oxidation sites excluding steroid dienone is 4. The van der Waals surface area contributed by atoms with Crippen LogP contribution in [0.3, 0.4) is 0 Å². The van der Waals surface area contributed by atoms with Crippen molar-refractivity contribution < 1.29 is 0 Å². The Kier molecular flexibility index (Phi) is 19.7. The van der Waals surface area contributed by atoms with Gasteiger partial charge < -0.3 is 10.6 Å². The Morgan fingerprint density at radius 3 is 2.02 bits per heavy atom. The van der Waals surface area contributed by atoms with Crippen molar-refractivity contribution >= 4 is 37.0 Å². The lowest BCUT2D eigenvalue weighted by atomic mass is 10.0. The maximum Gasteiger partial charge on any atom is 0.0725 e. The molecule has 0 bridgehead atoms. The quantitative estimate of drug-likeness (QED) is 0.104. The van der Waals surface area contributed by atoms with Gasteiger partial charge in [0.15, 0.2) is 0 Å². The minimum atomic E-state index is 0.651. The first kappa shape index (κ1) is 39.5. The largest absolute Gasteiger partial charge is 0.388 e. The van der Waals surface area contributed by atoms with Crippen LogP contribution in [0.25, 0.3) is 10.8 Å². The summed E-state index contributed by atoms with van der Waals surface area (Å²) in [6, 6.07) is 31.7. The predicted molar refractivity (Wildman–Crippen MR) is 211 cm³/mol. The Hall–Kier alpha value is -4.53. The molecule has 0 amide bonds. The summed E-state index contributed by atoms with van der Waals surface area (Å²) >= 11 is 0. The normalized spacial score (nSPS) is 11.9. The van der Waals surface area contributed by atoms with Gasteiger partial charge in [-0.15, -0.1) is 26.3 Å². The molecule has 0 aromatic heterocycles. The fraction of sp³-hybridized carbons (Fsp3) is 0.220. The van der Waals surface area contributed by atoms with Crippen LogP contribution in [0.15, 0.2) is 150 Å². The van der Waals surface area contributed by atoms with E-state index in [2.05, 4.69) is 173 Å². The van der Waals surface area contributed by atoms with E-state index in [1.54, 1.807) is 0 Å². The third kappa shape index (κ3) is 13.2. The van der Waals surface area contributed by atoms with Crippen LogP contribution in [-0.4, -0.2) is 32.2 Å². The van der Waals surface area contributed by atoms with Crippen LogP contribution in [0.4, 0.5) is 5.69 Å². The number of fused-ring (bicyclic) bond motifs is 1. The number of nitrogens with one attached hydrogen (secondary N) is 2. The Morgan fingerprint density at radius 2 is 1.41 bits per heavy atom. The zero-order valence-electron chi connectivity index (χ0n) is 29.0. The fourth-order valence-electron chi connectivity index (χ4n) is 4.47. The number of benzene rings is 4. The number of hydrogen-bond acceptors (Lipinski definition) is 4. The van der Waals surface area contributed by atoms with Crippen molar-refractivity contribution in [1.82, 2.24) is 5.32 Å². The van der Waals surface area contributed by atoms with Crippen molar-refractivity contribution in [3.8, 4) is 0 Å². The highest BCUT2D eigenvalue weighted by atomic mass is 31.1. The summed E-state index contributed by atoms with van der Waals surface area (Å²) in [4.78, 5) is 9.46. The highest BCUT2D eigenvalue weighted by Crippen LogP contribution is 2.23. The smallest absolute Gasteiger partial charge is 0.0725 e. The van der Waals surface area contributed by atoms with Gasteiger partial charge >= 0.3 is 0 Å². The number of hydrogen-bond donors (Lipinski definition) is 2. The van der Waals surface area contributed by atoms with Crippen LogP contribution in [0.1, 0.15) is 43.0 Å². The van der Waals surface area contributed by atoms with Gasteiger partial charge in [-0.3, -0.25) is 9.98 Å². The van der Waals surface area contributed by atoms with Crippen molar-refractivity contribution in [2.75, 3.05) is 25.6 Å². The molecule has 242 valence electrons. The van der Waals surface area contributed by atoms with Crippen LogP contribution in [0.2, 0.25) is 0 Å². The number of rotatable bonds is 10. The van der Waals surface area contributed by atoms with Gasteiger partial charge in [0.2, 0.25) is 0 Å². The molecule has 5 heteroatoms. The molecule has 4 nitrogen and oxygen atoms in total. The Morgan fingerprint density at radius 1 is 0.804 bits per heavy atom. The molecule has 4 aromatic rings. The standard InChI is InChI=1S/C26H35N4P.C11H10.2C2H4/c1-7-28-18-26(31-6)21(4)30-25(24-11-9-8-10-19(24)2)16-20(3)29-17-22-12-14-23(27-5)15-13-22;1-9-5-4-7-10-6-2-3-8-11(9)10;2*1-2/h8-16,18,27,29,31H,7,17H2,1-6H3;2-8H,1H3;2*1-2H2/b20-16+,26-21-,28-18?,30-25-;;;. The Balaban J connectivity index is 0.000000580. The summed E-state index contributed by atoms with van der Waals surface area (Å²) < 4.78 is 0. The van der Waals surface area contributed by atoms with Crippen molar-refractivity contribution in [2.24, 2.45) is 9.98 Å². The molecular formula is C41H53N4P. The van der Waals surface area contributed by atoms with Crippen LogP contribution in [0.5, 0.6) is 0 Å². The predicted octanol–water partition coefficient (Wildman–Crippen LogP) is 10.9. The molecule has 0 saturated heterocycles. The van der Waals surface area contributed by atoms with Gasteiger partial charge in [-0.2, -0.15) is 0 Å². The minimum Gasteiger partial charge on any atom is -0.388 e. The molecule has 4 rings (SSSR count). The molecule has 1 atom stereocenters. The molecule has 46 heavy (non-hydrogen) atoms. The van der Waals surface area contributed by atoms with E-state index in [1.165, 1.54) is 32.8 Å². The molecule has 0 radical (unpaired) electrons. The second kappa shape index (κ2) is 22.9. The minimum absolute atomic E-state index is 0.651. The van der Waals surface area contributed by atoms with Gasteiger partial charge in [-0.1, -0.05) is 87.4 Å². The lowest BCUT2D eigenvalue weighted by Crippen LogP contribution is -2.13. The third-order valence-electron chi connectivity index (χ3n) is 6.95. The fourth-order valence-corrected chi connectivity index (χ4v) is 5.11. The molecule has 0 aliphatic rings. The number of nitrogens with zero attached hydrogens (tertiary/aromatic N) is 2. The molecular weight excluding hydrogens is 579 g/mol. The summed E-state index contributed by atoms with van der Waals surface area (Å²) in [5, 5.41) is 10.6. The molecule has 4 aromatic carbocycles. The summed E-state index contributed by atoms with van der Waals surface area (Å²) in [6.07, 6.45) is 4.11. The van der Waals surface area contributed by atoms with Crippen molar-refractivity contribution in [2.45, 2.75) is 41.2 Å². The van der Waals surface area contributed by atoms with E-state index in [9.17, 15) is 0 Å². The van der Waals surface area contributed by atoms with Crippen LogP contribution < -0.4 is 10.6 Å². The van der Waals surface area contributed by atoms with Crippen LogP contribution >= 0.6 is 8.58 Å². The molecule has 0 fully saturated rings. The lowest BCUT2D eigenvalue weighted by molar-refractivity contribution is 0.813. The van der Waals surface area contributed by atoms with E-state index in [1.807, 2.05) is 20.2 Å². The summed E-state index contributed by atoms with van der Waals surface area (Å²) in [7, 11) is 2.58. The van der Waals surface area contributed by atoms with E-state index < -0.39 is 0 Å². The first-order valence-electron chi connectivity index (χ1n) is 15.5. The first-order chi connectivity index (χ1) is 22.4. The molecule has 0 aliphatic heterocycles. The lowest BCUT2D eigenvalue weighted by Gasteiger charge is -2.12. The molecule has 1 unspecified atom stereocenters. The highest BCUT2D eigenvalue weighted by Gasteiger charge is 2.07. The summed E-state index contributed by atoms with van der Waals surface area (Å²) in [5.41, 5.74) is 9.12. The van der Waals surface area contributed by atoms with Crippen molar-refractivity contribution in [3.63, 3.8) is 0 Å². The van der Waals surface area contributed by atoms with Gasteiger partial charge in [-0.05, 0) is 87.0 Å². The second-order valence-electron chi connectivity index (χ2n) is 10.1. The number of anilines is 1. The molecule has 0 heterocycles. The Bertz CT molecular complexity index is 1590. The monoisotopic (exact) mass is 632 g/mol. The molecule has 0 spiro atoms. The Labute approximate surface area is 280 Å². The van der Waals surface area contributed by atoms with Gasteiger partial charge in [0.25, 0.3) is 0 Å². The maximum atomic E-state index is 5.04. The third-order valence-corrected chi connectivity index (χ3v) is 7.98. The van der Waals surface area contributed by atoms with Gasteiger partial charge in [0.1, 0.15) is 0 Å². The average Bonchev–Trinajstić information content (AvgIpc) is 3.10. The summed E-state index contributed by atoms with van der Waals surface area (Å²) in [6.45, 7) is 26.2. The van der Waals surface area contributed by atoms with E-state index in [0.29, 0.717) is 8.58 Å². The van der Waals surface area contributed by atoms with Gasteiger partial charge in [-0.25, -0.2) is 0 Å². The average molecular weight is 633 g/mol. The van der Waals surface area contributed by atoms with Crippen LogP contribution in [-0.2, 0) is 6.54 Å². The van der Waals surface area contributed by atoms with Gasteiger partial charge in [0.05, 0.1) is 5.71 Å². The van der Waals surface area contributed by atoms with Crippen molar-refractivity contribution in [1.29, 1.82) is 0 Å². The van der Waals surface area contributed by atoms with E-state index >= 15 is 0 Å². The topological polar surface area (TPSA) is 48.8 Å². The van der Waals surface area contributed by atoms with Crippen LogP contribution in [0, 0.1) is 13.8 Å². The van der Waals surface area contributed by atoms with E-state index in [0.717, 1.165) is 41.4 Å². The number of aryl methyl sites for hydroxylation is 2. The molecule has 0 saturated carbocycles. The summed E-state index contributed by atoms with van der Waals surface area (Å²) in [5.74, 6) is 0.